The van der Waals surface area contributed by atoms with E-state index in [-0.39, 0.29) is 0 Å². The van der Waals surface area contributed by atoms with Gasteiger partial charge in [-0.05, 0) is 5.16 Å². The fourth-order valence-electron chi connectivity index (χ4n) is 1.00. The van der Waals surface area contributed by atoms with Gasteiger partial charge >= 0.3 is 0 Å². The van der Waals surface area contributed by atoms with Crippen LogP contribution in [0.25, 0.3) is 11.6 Å². The van der Waals surface area contributed by atoms with Crippen LogP contribution in [0.3, 0.4) is 0 Å². The molecule has 2 heterocycles. The molecule has 7 heteroatoms. The molecule has 0 aromatic carbocycles. The summed E-state index contributed by atoms with van der Waals surface area (Å²) in [5.74, 6) is 0.960. The second kappa shape index (κ2) is 3.95. The van der Waals surface area contributed by atoms with Crippen LogP contribution in [0.2, 0.25) is 0 Å². The Morgan fingerprint density at radius 2 is 2.27 bits per heavy atom. The topological polar surface area (TPSA) is 81.1 Å². The quantitative estimate of drug-likeness (QED) is 0.828. The van der Waals surface area contributed by atoms with E-state index in [2.05, 4.69) is 15.1 Å². The molecule has 6 nitrogen and oxygen atoms in total. The summed E-state index contributed by atoms with van der Waals surface area (Å²) in [5, 5.41) is 6.51. The summed E-state index contributed by atoms with van der Waals surface area (Å²) in [6.07, 6.45) is 0. The Kier molecular flexibility index (Phi) is 2.65. The van der Waals surface area contributed by atoms with Crippen molar-refractivity contribution in [1.82, 2.24) is 15.1 Å². The first-order chi connectivity index (χ1) is 7.20. The average molecular weight is 225 g/mol. The second-order valence-corrected chi connectivity index (χ2v) is 4.07. The van der Waals surface area contributed by atoms with Crippen LogP contribution in [-0.2, 0) is 6.54 Å². The Balaban J connectivity index is 2.28. The molecule has 2 N–H and O–H groups in total. The molecule has 0 bridgehead atoms. The number of nitrogens with zero attached hydrogens (tertiary/aromatic N) is 4. The van der Waals surface area contributed by atoms with Crippen molar-refractivity contribution in [2.45, 2.75) is 6.54 Å². The maximum atomic E-state index is 5.47. The van der Waals surface area contributed by atoms with Crippen LogP contribution in [0.5, 0.6) is 0 Å². The Morgan fingerprint density at radius 1 is 1.47 bits per heavy atom. The lowest BCUT2D eigenvalue weighted by atomic mass is 10.5. The molecule has 0 aliphatic carbocycles. The molecule has 2 rings (SSSR count). The first-order valence-corrected chi connectivity index (χ1v) is 5.24. The van der Waals surface area contributed by atoms with Gasteiger partial charge in [-0.15, -0.1) is 11.3 Å². The van der Waals surface area contributed by atoms with Gasteiger partial charge in [0, 0.05) is 26.0 Å². The Bertz CT molecular complexity index is 449. The highest BCUT2D eigenvalue weighted by molar-refractivity contribution is 7.09. The minimum absolute atomic E-state index is 0.426. The van der Waals surface area contributed by atoms with E-state index in [1.807, 2.05) is 19.5 Å². The van der Waals surface area contributed by atoms with E-state index >= 15 is 0 Å². The predicted molar refractivity (Wildman–Crippen MR) is 57.6 cm³/mol. The van der Waals surface area contributed by atoms with Crippen LogP contribution in [0.1, 0.15) is 5.01 Å². The van der Waals surface area contributed by atoms with Crippen molar-refractivity contribution in [2.24, 2.45) is 5.73 Å². The van der Waals surface area contributed by atoms with E-state index in [4.69, 9.17) is 10.3 Å². The maximum Gasteiger partial charge on any atom is 0.278 e. The fourth-order valence-corrected chi connectivity index (χ4v) is 1.65. The average Bonchev–Trinajstić information content (AvgIpc) is 2.86. The summed E-state index contributed by atoms with van der Waals surface area (Å²) in [6, 6.07) is 0. The van der Waals surface area contributed by atoms with Crippen molar-refractivity contribution in [2.75, 3.05) is 19.0 Å². The van der Waals surface area contributed by atoms with Crippen LogP contribution in [0, 0.1) is 0 Å². The van der Waals surface area contributed by atoms with E-state index in [0.29, 0.717) is 24.1 Å². The fraction of sp³-hybridized carbons (Fsp3) is 0.375. The molecule has 0 saturated carbocycles. The highest BCUT2D eigenvalue weighted by Crippen LogP contribution is 2.21. The van der Waals surface area contributed by atoms with Gasteiger partial charge in [-0.1, -0.05) is 0 Å². The van der Waals surface area contributed by atoms with Crippen LogP contribution in [0.15, 0.2) is 9.90 Å². The summed E-state index contributed by atoms with van der Waals surface area (Å²) in [6.45, 7) is 0.430. The molecule has 0 radical (unpaired) electrons. The van der Waals surface area contributed by atoms with Crippen molar-refractivity contribution in [3.8, 4) is 11.6 Å². The highest BCUT2D eigenvalue weighted by Gasteiger charge is 2.12. The lowest BCUT2D eigenvalue weighted by molar-refractivity contribution is 0.429. The third-order valence-electron chi connectivity index (χ3n) is 1.76. The number of hydrogen-bond acceptors (Lipinski definition) is 7. The van der Waals surface area contributed by atoms with Crippen molar-refractivity contribution < 1.29 is 4.52 Å². The Labute approximate surface area is 90.7 Å². The molecular weight excluding hydrogens is 214 g/mol. The highest BCUT2D eigenvalue weighted by atomic mass is 32.1. The molecule has 80 valence electrons. The van der Waals surface area contributed by atoms with E-state index < -0.39 is 0 Å². The van der Waals surface area contributed by atoms with E-state index in [1.165, 1.54) is 11.3 Å². The van der Waals surface area contributed by atoms with Crippen LogP contribution in [0.4, 0.5) is 5.95 Å². The molecule has 0 aliphatic rings. The van der Waals surface area contributed by atoms with Crippen LogP contribution < -0.4 is 10.6 Å². The van der Waals surface area contributed by atoms with Crippen molar-refractivity contribution in [3.63, 3.8) is 0 Å². The zero-order valence-corrected chi connectivity index (χ0v) is 9.28. The Hall–Kier alpha value is -1.47. The minimum atomic E-state index is 0.426. The molecule has 15 heavy (non-hydrogen) atoms. The first kappa shape index (κ1) is 10.1. The van der Waals surface area contributed by atoms with Crippen molar-refractivity contribution >= 4 is 17.3 Å². The van der Waals surface area contributed by atoms with E-state index in [9.17, 15) is 0 Å². The molecule has 2 aromatic heterocycles. The van der Waals surface area contributed by atoms with E-state index in [1.54, 1.807) is 4.90 Å². The van der Waals surface area contributed by atoms with Gasteiger partial charge in [-0.2, -0.15) is 4.98 Å². The lowest BCUT2D eigenvalue weighted by Crippen LogP contribution is -2.10. The van der Waals surface area contributed by atoms with Crippen LogP contribution >= 0.6 is 11.3 Å². The van der Waals surface area contributed by atoms with Crippen molar-refractivity contribution in [3.05, 3.63) is 10.4 Å². The molecule has 0 aliphatic heterocycles. The van der Waals surface area contributed by atoms with Gasteiger partial charge in [-0.25, -0.2) is 4.98 Å². The standard InChI is InChI=1S/C8H11N5OS/c1-13(2)8-11-7(14-12-8)5-4-15-6(3-9)10-5/h4H,3,9H2,1-2H3. The van der Waals surface area contributed by atoms with Crippen LogP contribution in [-0.4, -0.2) is 29.2 Å². The molecule has 0 fully saturated rings. The minimum Gasteiger partial charge on any atom is -0.344 e. The summed E-state index contributed by atoms with van der Waals surface area (Å²) in [7, 11) is 3.70. The van der Waals surface area contributed by atoms with Gasteiger partial charge in [0.15, 0.2) is 0 Å². The molecule has 0 amide bonds. The molecule has 0 saturated heterocycles. The van der Waals surface area contributed by atoms with Crippen molar-refractivity contribution in [1.29, 1.82) is 0 Å². The van der Waals surface area contributed by atoms with Gasteiger partial charge in [-0.3, -0.25) is 0 Å². The SMILES string of the molecule is CN(C)c1noc(-c2csc(CN)n2)n1. The number of anilines is 1. The second-order valence-electron chi connectivity index (χ2n) is 3.12. The molecular formula is C8H11N5OS. The predicted octanol–water partition coefficient (Wildman–Crippen LogP) is 0.718. The number of rotatable bonds is 3. The van der Waals surface area contributed by atoms with Gasteiger partial charge in [0.05, 0.1) is 0 Å². The number of aromatic nitrogens is 3. The monoisotopic (exact) mass is 225 g/mol. The largest absolute Gasteiger partial charge is 0.344 e. The molecule has 0 unspecified atom stereocenters. The number of nitrogens with two attached hydrogens (primary N) is 1. The summed E-state index contributed by atoms with van der Waals surface area (Å²) in [4.78, 5) is 10.2. The molecule has 0 atom stereocenters. The summed E-state index contributed by atoms with van der Waals surface area (Å²) < 4.78 is 5.07. The molecule has 0 spiro atoms. The molecule has 2 aromatic rings. The smallest absolute Gasteiger partial charge is 0.278 e. The van der Waals surface area contributed by atoms with Gasteiger partial charge < -0.3 is 15.2 Å². The normalized spacial score (nSPS) is 10.6. The maximum absolute atomic E-state index is 5.47. The summed E-state index contributed by atoms with van der Waals surface area (Å²) in [5.41, 5.74) is 6.15. The third kappa shape index (κ3) is 1.97. The zero-order valence-electron chi connectivity index (χ0n) is 8.47. The first-order valence-electron chi connectivity index (χ1n) is 4.36. The Morgan fingerprint density at radius 3 is 2.80 bits per heavy atom. The van der Waals surface area contributed by atoms with Gasteiger partial charge in [0.1, 0.15) is 10.7 Å². The third-order valence-corrected chi connectivity index (χ3v) is 2.63. The lowest BCUT2D eigenvalue weighted by Gasteiger charge is -2.01. The van der Waals surface area contributed by atoms with Gasteiger partial charge in [0.2, 0.25) is 0 Å². The number of thiazole rings is 1. The van der Waals surface area contributed by atoms with Gasteiger partial charge in [0.25, 0.3) is 11.8 Å². The summed E-state index contributed by atoms with van der Waals surface area (Å²) >= 11 is 1.48. The number of hydrogen-bond donors (Lipinski definition) is 1. The van der Waals surface area contributed by atoms with E-state index in [0.717, 1.165) is 5.01 Å². The zero-order chi connectivity index (χ0) is 10.8.